The SMILES string of the molecule is CN1CCN(C(=O)Nc2cc(Oc3ccc(N)cc3F)ccn2)CC1. The summed E-state index contributed by atoms with van der Waals surface area (Å²) in [7, 11) is 2.02. The second-order valence-corrected chi connectivity index (χ2v) is 5.89. The number of nitrogens with one attached hydrogen (secondary N) is 1. The number of hydrogen-bond donors (Lipinski definition) is 2. The van der Waals surface area contributed by atoms with Crippen molar-refractivity contribution in [3.63, 3.8) is 0 Å². The van der Waals surface area contributed by atoms with Gasteiger partial charge in [0.15, 0.2) is 11.6 Å². The van der Waals surface area contributed by atoms with Gasteiger partial charge in [-0.1, -0.05) is 0 Å². The molecule has 0 saturated carbocycles. The number of hydrogen-bond acceptors (Lipinski definition) is 5. The van der Waals surface area contributed by atoms with Gasteiger partial charge < -0.3 is 20.3 Å². The minimum absolute atomic E-state index is 0.0525. The van der Waals surface area contributed by atoms with E-state index in [-0.39, 0.29) is 11.8 Å². The molecule has 0 bridgehead atoms. The minimum Gasteiger partial charge on any atom is -0.454 e. The molecule has 1 saturated heterocycles. The molecule has 0 radical (unpaired) electrons. The predicted molar refractivity (Wildman–Crippen MR) is 93.2 cm³/mol. The highest BCUT2D eigenvalue weighted by atomic mass is 19.1. The Morgan fingerprint density at radius 1 is 1.24 bits per heavy atom. The number of anilines is 2. The quantitative estimate of drug-likeness (QED) is 0.835. The molecule has 2 heterocycles. The number of benzene rings is 1. The van der Waals surface area contributed by atoms with E-state index in [1.165, 1.54) is 18.3 Å². The van der Waals surface area contributed by atoms with Crippen LogP contribution in [0.3, 0.4) is 0 Å². The lowest BCUT2D eigenvalue weighted by Gasteiger charge is -2.32. The summed E-state index contributed by atoms with van der Waals surface area (Å²) in [6.07, 6.45) is 1.49. The number of likely N-dealkylation sites (N-methyl/N-ethyl adjacent to an activating group) is 1. The van der Waals surface area contributed by atoms with Gasteiger partial charge in [-0.05, 0) is 25.2 Å². The zero-order chi connectivity index (χ0) is 17.8. The molecule has 7 nitrogen and oxygen atoms in total. The van der Waals surface area contributed by atoms with E-state index in [0.29, 0.717) is 30.3 Å². The summed E-state index contributed by atoms with van der Waals surface area (Å²) in [5.74, 6) is 0.209. The first-order valence-corrected chi connectivity index (χ1v) is 7.94. The molecule has 8 heteroatoms. The van der Waals surface area contributed by atoms with E-state index in [0.717, 1.165) is 13.1 Å². The van der Waals surface area contributed by atoms with Gasteiger partial charge in [0.1, 0.15) is 11.6 Å². The third-order valence-electron chi connectivity index (χ3n) is 3.94. The normalized spacial score (nSPS) is 15.0. The zero-order valence-electron chi connectivity index (χ0n) is 13.9. The number of urea groups is 1. The first-order chi connectivity index (χ1) is 12.0. The van der Waals surface area contributed by atoms with Crippen molar-refractivity contribution in [2.45, 2.75) is 0 Å². The maximum Gasteiger partial charge on any atom is 0.323 e. The number of aromatic nitrogens is 1. The monoisotopic (exact) mass is 345 g/mol. The fourth-order valence-electron chi connectivity index (χ4n) is 2.47. The average molecular weight is 345 g/mol. The molecule has 1 aliphatic rings. The van der Waals surface area contributed by atoms with Gasteiger partial charge >= 0.3 is 6.03 Å². The van der Waals surface area contributed by atoms with E-state index in [1.54, 1.807) is 23.1 Å². The van der Waals surface area contributed by atoms with Crippen molar-refractivity contribution in [3.8, 4) is 11.5 Å². The third kappa shape index (κ3) is 4.36. The van der Waals surface area contributed by atoms with Gasteiger partial charge in [-0.15, -0.1) is 0 Å². The Bertz CT molecular complexity index is 762. The summed E-state index contributed by atoms with van der Waals surface area (Å²) in [6, 6.07) is 7.11. The molecule has 1 fully saturated rings. The van der Waals surface area contributed by atoms with Gasteiger partial charge in [-0.3, -0.25) is 5.32 Å². The Kier molecular flexibility index (Phi) is 4.99. The highest BCUT2D eigenvalue weighted by Crippen LogP contribution is 2.26. The van der Waals surface area contributed by atoms with Crippen molar-refractivity contribution in [1.82, 2.24) is 14.8 Å². The molecule has 0 atom stereocenters. The van der Waals surface area contributed by atoms with Crippen molar-refractivity contribution in [2.75, 3.05) is 44.3 Å². The summed E-state index contributed by atoms with van der Waals surface area (Å²) in [5.41, 5.74) is 5.84. The maximum atomic E-state index is 13.8. The number of amides is 2. The number of rotatable bonds is 3. The second kappa shape index (κ2) is 7.35. The van der Waals surface area contributed by atoms with Crippen molar-refractivity contribution in [1.29, 1.82) is 0 Å². The van der Waals surface area contributed by atoms with Gasteiger partial charge in [0.25, 0.3) is 0 Å². The summed E-state index contributed by atoms with van der Waals surface area (Å²) >= 11 is 0. The van der Waals surface area contributed by atoms with Crippen LogP contribution in [0.4, 0.5) is 20.7 Å². The fourth-order valence-corrected chi connectivity index (χ4v) is 2.47. The molecular weight excluding hydrogens is 325 g/mol. The molecular formula is C17H20FN5O2. The zero-order valence-corrected chi connectivity index (χ0v) is 13.9. The van der Waals surface area contributed by atoms with Gasteiger partial charge in [-0.2, -0.15) is 0 Å². The van der Waals surface area contributed by atoms with Crippen molar-refractivity contribution in [3.05, 3.63) is 42.3 Å². The third-order valence-corrected chi connectivity index (χ3v) is 3.94. The largest absolute Gasteiger partial charge is 0.454 e. The molecule has 25 heavy (non-hydrogen) atoms. The molecule has 1 aromatic carbocycles. The number of carbonyl (C=O) groups excluding carboxylic acids is 1. The smallest absolute Gasteiger partial charge is 0.323 e. The van der Waals surface area contributed by atoms with Crippen LogP contribution >= 0.6 is 0 Å². The lowest BCUT2D eigenvalue weighted by Crippen LogP contribution is -2.48. The van der Waals surface area contributed by atoms with Crippen molar-refractivity contribution in [2.24, 2.45) is 0 Å². The molecule has 3 N–H and O–H groups in total. The average Bonchev–Trinajstić information content (AvgIpc) is 2.58. The standard InChI is InChI=1S/C17H20FN5O2/c1-22-6-8-23(9-7-22)17(24)21-16-11-13(4-5-20-16)25-15-3-2-12(19)10-14(15)18/h2-5,10-11H,6-9,19H2,1H3,(H,20,21,24). The number of ether oxygens (including phenoxy) is 1. The summed E-state index contributed by atoms with van der Waals surface area (Å²) in [5, 5.41) is 2.74. The van der Waals surface area contributed by atoms with Crippen LogP contribution in [0.1, 0.15) is 0 Å². The molecule has 2 aromatic rings. The lowest BCUT2D eigenvalue weighted by molar-refractivity contribution is 0.164. The topological polar surface area (TPSA) is 83.7 Å². The molecule has 1 aliphatic heterocycles. The predicted octanol–water partition coefficient (Wildman–Crippen LogP) is 2.37. The van der Waals surface area contributed by atoms with E-state index < -0.39 is 5.82 Å². The highest BCUT2D eigenvalue weighted by Gasteiger charge is 2.19. The number of carbonyl (C=O) groups is 1. The molecule has 0 unspecified atom stereocenters. The van der Waals surface area contributed by atoms with Crippen LogP contribution in [-0.2, 0) is 0 Å². The van der Waals surface area contributed by atoms with E-state index >= 15 is 0 Å². The first kappa shape index (κ1) is 17.0. The number of nitrogen functional groups attached to an aromatic ring is 1. The van der Waals surface area contributed by atoms with Crippen LogP contribution in [0.15, 0.2) is 36.5 Å². The van der Waals surface area contributed by atoms with Gasteiger partial charge in [0.2, 0.25) is 0 Å². The number of nitrogens with two attached hydrogens (primary N) is 1. The first-order valence-electron chi connectivity index (χ1n) is 7.94. The maximum absolute atomic E-state index is 13.8. The van der Waals surface area contributed by atoms with E-state index in [2.05, 4.69) is 15.2 Å². The number of nitrogens with zero attached hydrogens (tertiary/aromatic N) is 3. The summed E-state index contributed by atoms with van der Waals surface area (Å²) in [4.78, 5) is 20.3. The van der Waals surface area contributed by atoms with E-state index in [9.17, 15) is 9.18 Å². The van der Waals surface area contributed by atoms with Crippen LogP contribution in [0.2, 0.25) is 0 Å². The molecule has 3 rings (SSSR count). The van der Waals surface area contributed by atoms with Crippen LogP contribution in [0, 0.1) is 5.82 Å². The summed E-state index contributed by atoms with van der Waals surface area (Å²) in [6.45, 7) is 2.99. The van der Waals surface area contributed by atoms with E-state index in [4.69, 9.17) is 10.5 Å². The minimum atomic E-state index is -0.556. The number of halogens is 1. The van der Waals surface area contributed by atoms with Crippen LogP contribution in [-0.4, -0.2) is 54.0 Å². The molecule has 1 aromatic heterocycles. The molecule has 0 spiro atoms. The van der Waals surface area contributed by atoms with Gasteiger partial charge in [0.05, 0.1) is 0 Å². The Labute approximate surface area is 145 Å². The fraction of sp³-hybridized carbons (Fsp3) is 0.294. The van der Waals surface area contributed by atoms with Crippen molar-refractivity contribution >= 4 is 17.5 Å². The highest BCUT2D eigenvalue weighted by molar-refractivity contribution is 5.88. The number of piperazine rings is 1. The second-order valence-electron chi connectivity index (χ2n) is 5.89. The number of pyridine rings is 1. The van der Waals surface area contributed by atoms with Gasteiger partial charge in [0, 0.05) is 50.2 Å². The molecule has 132 valence electrons. The van der Waals surface area contributed by atoms with Gasteiger partial charge in [-0.25, -0.2) is 14.2 Å². The Balaban J connectivity index is 1.66. The van der Waals surface area contributed by atoms with Crippen LogP contribution < -0.4 is 15.8 Å². The van der Waals surface area contributed by atoms with Crippen LogP contribution in [0.25, 0.3) is 0 Å². The van der Waals surface area contributed by atoms with Crippen molar-refractivity contribution < 1.29 is 13.9 Å². The summed E-state index contributed by atoms with van der Waals surface area (Å²) < 4.78 is 19.3. The molecule has 2 amide bonds. The molecule has 0 aliphatic carbocycles. The Morgan fingerprint density at radius 2 is 2.00 bits per heavy atom. The Morgan fingerprint density at radius 3 is 2.72 bits per heavy atom. The van der Waals surface area contributed by atoms with Crippen LogP contribution in [0.5, 0.6) is 11.5 Å². The Hall–Kier alpha value is -2.87. The van der Waals surface area contributed by atoms with E-state index in [1.807, 2.05) is 7.05 Å². The lowest BCUT2D eigenvalue weighted by atomic mass is 10.3.